The Morgan fingerprint density at radius 1 is 0.972 bits per heavy atom. The summed E-state index contributed by atoms with van der Waals surface area (Å²) >= 11 is 6.14. The van der Waals surface area contributed by atoms with Gasteiger partial charge in [0.25, 0.3) is 0 Å². The number of carbonyl (C=O) groups is 1. The van der Waals surface area contributed by atoms with Crippen LogP contribution in [-0.2, 0) is 10.9 Å². The highest BCUT2D eigenvalue weighted by Gasteiger charge is 2.37. The molecule has 2 saturated heterocycles. The van der Waals surface area contributed by atoms with Crippen molar-refractivity contribution in [3.63, 3.8) is 0 Å². The van der Waals surface area contributed by atoms with Gasteiger partial charge in [-0.25, -0.2) is 4.79 Å². The standard InChI is InChI=1S/C26H26ClF3N4O2/c27-22-3-1-2-18(13-22)23-14-24(32-31-23)20-12-19(17-4-6-21(7-5-17)26(28,29)30)15-34(16-20)25(35)33-8-10-36-11-9-33/h1-7,13,19-20H,8-12,14-16H2. The summed E-state index contributed by atoms with van der Waals surface area (Å²) in [7, 11) is 0. The molecule has 3 heterocycles. The lowest BCUT2D eigenvalue weighted by Crippen LogP contribution is -2.53. The van der Waals surface area contributed by atoms with Crippen LogP contribution in [0.4, 0.5) is 18.0 Å². The highest BCUT2D eigenvalue weighted by molar-refractivity contribution is 6.31. The number of rotatable bonds is 3. The van der Waals surface area contributed by atoms with Crippen molar-refractivity contribution in [3.8, 4) is 0 Å². The van der Waals surface area contributed by atoms with Crippen molar-refractivity contribution in [2.45, 2.75) is 24.9 Å². The maximum Gasteiger partial charge on any atom is 0.416 e. The van der Waals surface area contributed by atoms with Crippen molar-refractivity contribution in [3.05, 3.63) is 70.2 Å². The molecule has 0 N–H and O–H groups in total. The van der Waals surface area contributed by atoms with E-state index in [4.69, 9.17) is 16.3 Å². The van der Waals surface area contributed by atoms with Crippen molar-refractivity contribution < 1.29 is 22.7 Å². The van der Waals surface area contributed by atoms with Crippen LogP contribution in [0, 0.1) is 5.92 Å². The molecule has 0 saturated carbocycles. The summed E-state index contributed by atoms with van der Waals surface area (Å²) in [6.07, 6.45) is -3.17. The van der Waals surface area contributed by atoms with E-state index in [2.05, 4.69) is 10.2 Å². The number of benzene rings is 2. The molecule has 0 bridgehead atoms. The fourth-order valence-electron chi connectivity index (χ4n) is 5.06. The predicted molar refractivity (Wildman–Crippen MR) is 132 cm³/mol. The molecule has 0 aliphatic carbocycles. The highest BCUT2D eigenvalue weighted by atomic mass is 35.5. The second-order valence-electron chi connectivity index (χ2n) is 9.36. The van der Waals surface area contributed by atoms with Crippen molar-refractivity contribution in [1.29, 1.82) is 0 Å². The lowest BCUT2D eigenvalue weighted by molar-refractivity contribution is -0.137. The van der Waals surface area contributed by atoms with Crippen LogP contribution in [0.3, 0.4) is 0 Å². The minimum Gasteiger partial charge on any atom is -0.378 e. The molecule has 0 spiro atoms. The third-order valence-corrected chi connectivity index (χ3v) is 7.22. The Labute approximate surface area is 212 Å². The predicted octanol–water partition coefficient (Wildman–Crippen LogP) is 5.47. The van der Waals surface area contributed by atoms with E-state index in [1.807, 2.05) is 23.1 Å². The molecule has 5 rings (SSSR count). The van der Waals surface area contributed by atoms with E-state index >= 15 is 0 Å². The van der Waals surface area contributed by atoms with Crippen LogP contribution in [-0.4, -0.2) is 66.6 Å². The van der Waals surface area contributed by atoms with Crippen LogP contribution in [0.1, 0.15) is 35.4 Å². The van der Waals surface area contributed by atoms with E-state index in [0.29, 0.717) is 57.3 Å². The van der Waals surface area contributed by atoms with E-state index in [9.17, 15) is 18.0 Å². The van der Waals surface area contributed by atoms with Gasteiger partial charge in [-0.2, -0.15) is 23.4 Å². The summed E-state index contributed by atoms with van der Waals surface area (Å²) < 4.78 is 44.7. The van der Waals surface area contributed by atoms with E-state index in [1.54, 1.807) is 11.0 Å². The summed E-state index contributed by atoms with van der Waals surface area (Å²) in [5.74, 6) is -0.176. The molecule has 0 radical (unpaired) electrons. The summed E-state index contributed by atoms with van der Waals surface area (Å²) in [4.78, 5) is 16.9. The lowest BCUT2D eigenvalue weighted by Gasteiger charge is -2.41. The largest absolute Gasteiger partial charge is 0.416 e. The van der Waals surface area contributed by atoms with Gasteiger partial charge in [0.05, 0.1) is 30.2 Å². The molecule has 6 nitrogen and oxygen atoms in total. The van der Waals surface area contributed by atoms with Crippen LogP contribution >= 0.6 is 11.6 Å². The van der Waals surface area contributed by atoms with Gasteiger partial charge in [0.15, 0.2) is 0 Å². The maximum absolute atomic E-state index is 13.4. The number of likely N-dealkylation sites (tertiary alicyclic amines) is 1. The zero-order valence-electron chi connectivity index (χ0n) is 19.5. The third kappa shape index (κ3) is 5.42. The Balaban J connectivity index is 1.36. The van der Waals surface area contributed by atoms with E-state index in [1.165, 1.54) is 12.1 Å². The number of halogens is 4. The average molecular weight is 519 g/mol. The van der Waals surface area contributed by atoms with Crippen molar-refractivity contribution in [2.75, 3.05) is 39.4 Å². The number of piperidine rings is 1. The van der Waals surface area contributed by atoms with Gasteiger partial charge in [0.2, 0.25) is 0 Å². The minimum absolute atomic E-state index is 0.0588. The molecule has 2 fully saturated rings. The number of carbonyl (C=O) groups excluding carboxylic acids is 1. The summed E-state index contributed by atoms with van der Waals surface area (Å²) in [6, 6.07) is 12.6. The van der Waals surface area contributed by atoms with Gasteiger partial charge < -0.3 is 14.5 Å². The molecule has 10 heteroatoms. The van der Waals surface area contributed by atoms with Crippen molar-refractivity contribution in [2.24, 2.45) is 16.1 Å². The Morgan fingerprint density at radius 3 is 2.39 bits per heavy atom. The smallest absolute Gasteiger partial charge is 0.378 e. The highest BCUT2D eigenvalue weighted by Crippen LogP contribution is 2.36. The summed E-state index contributed by atoms with van der Waals surface area (Å²) in [5, 5.41) is 9.48. The van der Waals surface area contributed by atoms with Gasteiger partial charge in [0, 0.05) is 49.5 Å². The Morgan fingerprint density at radius 2 is 1.69 bits per heavy atom. The van der Waals surface area contributed by atoms with Crippen LogP contribution in [0.2, 0.25) is 5.02 Å². The van der Waals surface area contributed by atoms with E-state index in [0.717, 1.165) is 34.7 Å². The molecule has 3 aliphatic rings. The van der Waals surface area contributed by atoms with Crippen molar-refractivity contribution >= 4 is 29.1 Å². The quantitative estimate of drug-likeness (QED) is 0.541. The zero-order chi connectivity index (χ0) is 25.3. The Hall–Kier alpha value is -2.91. The first-order valence-corrected chi connectivity index (χ1v) is 12.3. The lowest BCUT2D eigenvalue weighted by atomic mass is 9.81. The molecule has 0 aromatic heterocycles. The minimum atomic E-state index is -4.39. The molecular formula is C26H26ClF3N4O2. The first-order valence-electron chi connectivity index (χ1n) is 12.0. The number of amides is 2. The van der Waals surface area contributed by atoms with E-state index in [-0.39, 0.29) is 17.9 Å². The maximum atomic E-state index is 13.4. The second kappa shape index (κ2) is 10.2. The number of morpholine rings is 1. The van der Waals surface area contributed by atoms with Crippen LogP contribution in [0.5, 0.6) is 0 Å². The average Bonchev–Trinajstić information content (AvgIpc) is 3.39. The second-order valence-corrected chi connectivity index (χ2v) is 9.80. The van der Waals surface area contributed by atoms with Crippen LogP contribution < -0.4 is 0 Å². The topological polar surface area (TPSA) is 57.5 Å². The molecule has 2 amide bonds. The number of urea groups is 1. The number of hydrogen-bond acceptors (Lipinski definition) is 4. The summed E-state index contributed by atoms with van der Waals surface area (Å²) in [6.45, 7) is 2.96. The fourth-order valence-corrected chi connectivity index (χ4v) is 5.25. The Bertz CT molecular complexity index is 1180. The monoisotopic (exact) mass is 518 g/mol. The molecule has 3 aliphatic heterocycles. The van der Waals surface area contributed by atoms with Crippen molar-refractivity contribution in [1.82, 2.24) is 9.80 Å². The van der Waals surface area contributed by atoms with Gasteiger partial charge in [-0.15, -0.1) is 0 Å². The summed E-state index contributed by atoms with van der Waals surface area (Å²) in [5.41, 5.74) is 2.69. The van der Waals surface area contributed by atoms with Gasteiger partial charge in [-0.05, 0) is 41.8 Å². The number of hydrogen-bond donors (Lipinski definition) is 0. The first-order chi connectivity index (χ1) is 17.3. The molecular weight excluding hydrogens is 493 g/mol. The van der Waals surface area contributed by atoms with E-state index < -0.39 is 11.7 Å². The third-order valence-electron chi connectivity index (χ3n) is 6.99. The molecule has 190 valence electrons. The molecule has 2 atom stereocenters. The molecule has 2 aromatic rings. The van der Waals surface area contributed by atoms with Gasteiger partial charge in [-0.1, -0.05) is 35.9 Å². The normalized spacial score (nSPS) is 22.9. The van der Waals surface area contributed by atoms with Gasteiger partial charge >= 0.3 is 12.2 Å². The van der Waals surface area contributed by atoms with Crippen LogP contribution in [0.25, 0.3) is 0 Å². The zero-order valence-corrected chi connectivity index (χ0v) is 20.3. The molecule has 2 aromatic carbocycles. The Kier molecular flexibility index (Phi) is 7.03. The van der Waals surface area contributed by atoms with Crippen LogP contribution in [0.15, 0.2) is 58.7 Å². The van der Waals surface area contributed by atoms with Gasteiger partial charge in [0.1, 0.15) is 0 Å². The molecule has 2 unspecified atom stereocenters. The first kappa shape index (κ1) is 24.8. The molecule has 36 heavy (non-hydrogen) atoms. The number of nitrogens with zero attached hydrogens (tertiary/aromatic N) is 4. The number of alkyl halides is 3. The van der Waals surface area contributed by atoms with Gasteiger partial charge in [-0.3, -0.25) is 0 Å². The number of ether oxygens (including phenoxy) is 1. The SMILES string of the molecule is O=C(N1CCOCC1)N1CC(C2=NN=C(c3cccc(Cl)c3)C2)CC(c2ccc(C(F)(F)F)cc2)C1. The fraction of sp³-hybridized carbons (Fsp3) is 0.423.